The number of benzene rings is 1. The maximum absolute atomic E-state index is 11.3. The number of carbonyl (C=O) groups excluding carboxylic acids is 1. The van der Waals surface area contributed by atoms with E-state index in [4.69, 9.17) is 9.47 Å². The number of aliphatic hydroxyl groups is 1. The molecule has 1 aromatic rings. The van der Waals surface area contributed by atoms with E-state index in [9.17, 15) is 15.0 Å². The molecule has 0 bridgehead atoms. The van der Waals surface area contributed by atoms with Crippen LogP contribution in [0.4, 0.5) is 0 Å². The van der Waals surface area contributed by atoms with Gasteiger partial charge in [-0.3, -0.25) is 0 Å². The van der Waals surface area contributed by atoms with Gasteiger partial charge in [0.2, 0.25) is 12.5 Å². The molecule has 2 rings (SSSR count). The van der Waals surface area contributed by atoms with E-state index in [0.717, 1.165) is 0 Å². The Balaban J connectivity index is 2.30. The SMILES string of the molecule is CCOC(=O)C(O)c1ccc2c(c1O)OCO2. The van der Waals surface area contributed by atoms with Gasteiger partial charge >= 0.3 is 5.97 Å². The van der Waals surface area contributed by atoms with Crippen LogP contribution in [0.15, 0.2) is 12.1 Å². The van der Waals surface area contributed by atoms with E-state index >= 15 is 0 Å². The largest absolute Gasteiger partial charge is 0.504 e. The van der Waals surface area contributed by atoms with Crippen LogP contribution in [-0.2, 0) is 9.53 Å². The highest BCUT2D eigenvalue weighted by atomic mass is 16.7. The van der Waals surface area contributed by atoms with Gasteiger partial charge in [-0.05, 0) is 19.1 Å². The van der Waals surface area contributed by atoms with E-state index in [1.807, 2.05) is 0 Å². The van der Waals surface area contributed by atoms with E-state index in [2.05, 4.69) is 4.74 Å². The molecule has 1 aliphatic rings. The Labute approximate surface area is 97.3 Å². The van der Waals surface area contributed by atoms with Crippen LogP contribution in [0.25, 0.3) is 0 Å². The van der Waals surface area contributed by atoms with Gasteiger partial charge in [-0.2, -0.15) is 0 Å². The lowest BCUT2D eigenvalue weighted by Crippen LogP contribution is -2.15. The molecule has 0 radical (unpaired) electrons. The maximum Gasteiger partial charge on any atom is 0.339 e. The highest BCUT2D eigenvalue weighted by molar-refractivity contribution is 5.78. The molecule has 1 aromatic carbocycles. The molecule has 0 amide bonds. The molecule has 0 fully saturated rings. The van der Waals surface area contributed by atoms with Crippen LogP contribution in [0.1, 0.15) is 18.6 Å². The molecule has 1 heterocycles. The van der Waals surface area contributed by atoms with Crippen LogP contribution in [0.2, 0.25) is 0 Å². The third kappa shape index (κ3) is 1.99. The van der Waals surface area contributed by atoms with Gasteiger partial charge in [-0.1, -0.05) is 0 Å². The summed E-state index contributed by atoms with van der Waals surface area (Å²) in [6.45, 7) is 1.78. The fourth-order valence-electron chi connectivity index (χ4n) is 1.54. The molecule has 0 aromatic heterocycles. The molecule has 17 heavy (non-hydrogen) atoms. The highest BCUT2D eigenvalue weighted by Gasteiger charge is 2.27. The molecule has 6 nitrogen and oxygen atoms in total. The van der Waals surface area contributed by atoms with Crippen molar-refractivity contribution >= 4 is 5.97 Å². The van der Waals surface area contributed by atoms with Crippen LogP contribution >= 0.6 is 0 Å². The van der Waals surface area contributed by atoms with Crippen molar-refractivity contribution < 1.29 is 29.2 Å². The lowest BCUT2D eigenvalue weighted by Gasteiger charge is -2.12. The second kappa shape index (κ2) is 4.50. The first kappa shape index (κ1) is 11.5. The van der Waals surface area contributed by atoms with Crippen LogP contribution in [-0.4, -0.2) is 29.6 Å². The van der Waals surface area contributed by atoms with Crippen molar-refractivity contribution in [2.24, 2.45) is 0 Å². The molecule has 6 heteroatoms. The van der Waals surface area contributed by atoms with Gasteiger partial charge in [0.25, 0.3) is 0 Å². The first-order valence-electron chi connectivity index (χ1n) is 5.11. The molecule has 0 saturated heterocycles. The number of aliphatic hydroxyl groups excluding tert-OH is 1. The molecule has 1 unspecified atom stereocenters. The molecule has 0 saturated carbocycles. The molecule has 0 spiro atoms. The molecule has 0 aliphatic carbocycles. The number of ether oxygens (including phenoxy) is 3. The van der Waals surface area contributed by atoms with Crippen LogP contribution < -0.4 is 9.47 Å². The summed E-state index contributed by atoms with van der Waals surface area (Å²) in [5.74, 6) is -0.615. The average molecular weight is 240 g/mol. The first-order valence-corrected chi connectivity index (χ1v) is 5.11. The van der Waals surface area contributed by atoms with Gasteiger partial charge < -0.3 is 24.4 Å². The zero-order valence-corrected chi connectivity index (χ0v) is 9.17. The summed E-state index contributed by atoms with van der Waals surface area (Å²) in [5, 5.41) is 19.5. The summed E-state index contributed by atoms with van der Waals surface area (Å²) >= 11 is 0. The van der Waals surface area contributed by atoms with Gasteiger partial charge in [0.05, 0.1) is 6.61 Å². The monoisotopic (exact) mass is 240 g/mol. The van der Waals surface area contributed by atoms with E-state index in [0.29, 0.717) is 5.75 Å². The Kier molecular flexibility index (Phi) is 3.06. The van der Waals surface area contributed by atoms with Gasteiger partial charge in [-0.15, -0.1) is 0 Å². The number of hydrogen-bond acceptors (Lipinski definition) is 6. The Morgan fingerprint density at radius 2 is 2.29 bits per heavy atom. The second-order valence-corrected chi connectivity index (χ2v) is 3.39. The average Bonchev–Trinajstić information content (AvgIpc) is 2.78. The quantitative estimate of drug-likeness (QED) is 0.757. The van der Waals surface area contributed by atoms with Crippen molar-refractivity contribution in [3.05, 3.63) is 17.7 Å². The summed E-state index contributed by atoms with van der Waals surface area (Å²) in [6, 6.07) is 2.91. The van der Waals surface area contributed by atoms with Crippen molar-refractivity contribution in [2.45, 2.75) is 13.0 Å². The van der Waals surface area contributed by atoms with E-state index in [1.54, 1.807) is 6.92 Å². The minimum Gasteiger partial charge on any atom is -0.504 e. The summed E-state index contributed by atoms with van der Waals surface area (Å²) in [6.07, 6.45) is -1.54. The van der Waals surface area contributed by atoms with E-state index in [-0.39, 0.29) is 30.5 Å². The number of hydrogen-bond donors (Lipinski definition) is 2. The topological polar surface area (TPSA) is 85.2 Å². The van der Waals surface area contributed by atoms with Crippen LogP contribution in [0.3, 0.4) is 0 Å². The minimum absolute atomic E-state index is 0.00183. The predicted molar refractivity (Wildman–Crippen MR) is 55.8 cm³/mol. The zero-order valence-electron chi connectivity index (χ0n) is 9.17. The highest BCUT2D eigenvalue weighted by Crippen LogP contribution is 2.44. The predicted octanol–water partition coefficient (Wildman–Crippen LogP) is 0.717. The fourth-order valence-corrected chi connectivity index (χ4v) is 1.54. The van der Waals surface area contributed by atoms with Crippen molar-refractivity contribution in [3.8, 4) is 17.2 Å². The minimum atomic E-state index is -1.54. The number of fused-ring (bicyclic) bond motifs is 1. The normalized spacial score (nSPS) is 14.5. The summed E-state index contributed by atoms with van der Waals surface area (Å²) in [4.78, 5) is 11.3. The Morgan fingerprint density at radius 1 is 1.53 bits per heavy atom. The number of esters is 1. The lowest BCUT2D eigenvalue weighted by molar-refractivity contribution is -0.153. The standard InChI is InChI=1S/C11H12O6/c1-2-15-11(14)9(13)6-3-4-7-10(8(6)12)17-5-16-7/h3-4,9,12-13H,2,5H2,1H3. The number of phenolic OH excluding ortho intramolecular Hbond substituents is 1. The molecule has 2 N–H and O–H groups in total. The summed E-state index contributed by atoms with van der Waals surface area (Å²) < 4.78 is 14.7. The molecule has 1 aliphatic heterocycles. The first-order chi connectivity index (χ1) is 8.15. The Bertz CT molecular complexity index is 442. The van der Waals surface area contributed by atoms with Crippen molar-refractivity contribution in [2.75, 3.05) is 13.4 Å². The van der Waals surface area contributed by atoms with E-state index in [1.165, 1.54) is 12.1 Å². The molecular weight excluding hydrogens is 228 g/mol. The number of phenols is 1. The van der Waals surface area contributed by atoms with Crippen molar-refractivity contribution in [1.29, 1.82) is 0 Å². The van der Waals surface area contributed by atoms with Crippen LogP contribution in [0.5, 0.6) is 17.2 Å². The van der Waals surface area contributed by atoms with Gasteiger partial charge in [0.1, 0.15) is 0 Å². The van der Waals surface area contributed by atoms with E-state index < -0.39 is 12.1 Å². The zero-order chi connectivity index (χ0) is 12.4. The summed E-state index contributed by atoms with van der Waals surface area (Å²) in [5.41, 5.74) is 0.0349. The fraction of sp³-hybridized carbons (Fsp3) is 0.364. The third-order valence-corrected chi connectivity index (χ3v) is 2.35. The van der Waals surface area contributed by atoms with Crippen molar-refractivity contribution in [3.63, 3.8) is 0 Å². The number of carbonyl (C=O) groups is 1. The smallest absolute Gasteiger partial charge is 0.339 e. The Hall–Kier alpha value is -1.95. The number of rotatable bonds is 3. The molecule has 1 atom stereocenters. The third-order valence-electron chi connectivity index (χ3n) is 2.35. The van der Waals surface area contributed by atoms with Crippen molar-refractivity contribution in [1.82, 2.24) is 0 Å². The van der Waals surface area contributed by atoms with Gasteiger partial charge in [0.15, 0.2) is 17.6 Å². The molecular formula is C11H12O6. The maximum atomic E-state index is 11.3. The molecule has 92 valence electrons. The second-order valence-electron chi connectivity index (χ2n) is 3.39. The van der Waals surface area contributed by atoms with Gasteiger partial charge in [-0.25, -0.2) is 4.79 Å². The Morgan fingerprint density at radius 3 is 3.00 bits per heavy atom. The summed E-state index contributed by atoms with van der Waals surface area (Å²) in [7, 11) is 0. The van der Waals surface area contributed by atoms with Crippen LogP contribution in [0, 0.1) is 0 Å². The lowest BCUT2D eigenvalue weighted by atomic mass is 10.1. The van der Waals surface area contributed by atoms with Gasteiger partial charge in [0, 0.05) is 5.56 Å². The number of aromatic hydroxyl groups is 1.